The predicted molar refractivity (Wildman–Crippen MR) is 85.9 cm³/mol. The number of anilines is 1. The Hall–Kier alpha value is -2.54. The number of hydrogen-bond acceptors (Lipinski definition) is 4. The smallest absolute Gasteiger partial charge is 0.262 e. The van der Waals surface area contributed by atoms with Gasteiger partial charge in [0.2, 0.25) is 0 Å². The Morgan fingerprint density at radius 2 is 1.91 bits per heavy atom. The van der Waals surface area contributed by atoms with Crippen LogP contribution in [0.5, 0.6) is 11.5 Å². The molecule has 0 heterocycles. The SMILES string of the molecule is C=CCOc1ccc(NS(=O)(=O)c2ccc(OC)c(F)c2)cc1. The molecule has 5 nitrogen and oxygen atoms in total. The highest BCUT2D eigenvalue weighted by Gasteiger charge is 2.16. The molecule has 0 aliphatic heterocycles. The number of rotatable bonds is 7. The molecule has 23 heavy (non-hydrogen) atoms. The number of nitrogens with one attached hydrogen (secondary N) is 1. The van der Waals surface area contributed by atoms with Crippen molar-refractivity contribution in [2.24, 2.45) is 0 Å². The van der Waals surface area contributed by atoms with Gasteiger partial charge in [-0.15, -0.1) is 0 Å². The van der Waals surface area contributed by atoms with Gasteiger partial charge in [-0.1, -0.05) is 12.7 Å². The first kappa shape index (κ1) is 16.8. The molecule has 0 saturated carbocycles. The van der Waals surface area contributed by atoms with Gasteiger partial charge >= 0.3 is 0 Å². The zero-order chi connectivity index (χ0) is 16.9. The van der Waals surface area contributed by atoms with E-state index in [0.717, 1.165) is 6.07 Å². The number of benzene rings is 2. The minimum absolute atomic E-state index is 0.0207. The molecule has 0 amide bonds. The van der Waals surface area contributed by atoms with E-state index in [1.165, 1.54) is 19.2 Å². The van der Waals surface area contributed by atoms with Crippen molar-refractivity contribution in [2.75, 3.05) is 18.4 Å². The van der Waals surface area contributed by atoms with Gasteiger partial charge in [-0.2, -0.15) is 0 Å². The Bertz CT molecular complexity index is 788. The molecule has 1 N–H and O–H groups in total. The van der Waals surface area contributed by atoms with Crippen LogP contribution in [0.3, 0.4) is 0 Å². The second kappa shape index (κ2) is 7.15. The quantitative estimate of drug-likeness (QED) is 0.788. The molecule has 122 valence electrons. The maximum atomic E-state index is 13.6. The summed E-state index contributed by atoms with van der Waals surface area (Å²) in [5.41, 5.74) is 0.340. The molecule has 7 heteroatoms. The van der Waals surface area contributed by atoms with E-state index in [1.807, 2.05) is 0 Å². The van der Waals surface area contributed by atoms with Crippen LogP contribution in [-0.4, -0.2) is 22.1 Å². The molecular weight excluding hydrogens is 321 g/mol. The zero-order valence-electron chi connectivity index (χ0n) is 12.5. The van der Waals surface area contributed by atoms with Crippen molar-refractivity contribution in [3.63, 3.8) is 0 Å². The van der Waals surface area contributed by atoms with Crippen LogP contribution in [0.2, 0.25) is 0 Å². The van der Waals surface area contributed by atoms with Crippen LogP contribution >= 0.6 is 0 Å². The first-order valence-electron chi connectivity index (χ1n) is 6.66. The molecule has 0 saturated heterocycles. The van der Waals surface area contributed by atoms with Crippen molar-refractivity contribution in [1.82, 2.24) is 0 Å². The van der Waals surface area contributed by atoms with E-state index in [4.69, 9.17) is 9.47 Å². The highest BCUT2D eigenvalue weighted by atomic mass is 32.2. The normalized spacial score (nSPS) is 10.9. The standard InChI is InChI=1S/C16H16FNO4S/c1-3-10-22-13-6-4-12(5-7-13)18-23(19,20)14-8-9-16(21-2)15(17)11-14/h3-9,11,18H,1,10H2,2H3. The van der Waals surface area contributed by atoms with Crippen molar-refractivity contribution in [2.45, 2.75) is 4.90 Å². The van der Waals surface area contributed by atoms with E-state index < -0.39 is 15.8 Å². The molecule has 0 bridgehead atoms. The van der Waals surface area contributed by atoms with Crippen molar-refractivity contribution in [1.29, 1.82) is 0 Å². The minimum Gasteiger partial charge on any atom is -0.494 e. The third-order valence-corrected chi connectivity index (χ3v) is 4.29. The number of sulfonamides is 1. The van der Waals surface area contributed by atoms with E-state index in [2.05, 4.69) is 11.3 Å². The van der Waals surface area contributed by atoms with E-state index in [1.54, 1.807) is 30.3 Å². The second-order valence-electron chi connectivity index (χ2n) is 4.53. The molecule has 0 fully saturated rings. The van der Waals surface area contributed by atoms with Crippen molar-refractivity contribution < 1.29 is 22.3 Å². The summed E-state index contributed by atoms with van der Waals surface area (Å²) in [7, 11) is -2.59. The fourth-order valence-corrected chi connectivity index (χ4v) is 2.87. The molecule has 0 spiro atoms. The van der Waals surface area contributed by atoms with Gasteiger partial charge in [-0.05, 0) is 42.5 Å². The Labute approximate surface area is 134 Å². The van der Waals surface area contributed by atoms with Crippen molar-refractivity contribution in [3.05, 3.63) is 60.9 Å². The molecule has 0 aromatic heterocycles. The monoisotopic (exact) mass is 337 g/mol. The van der Waals surface area contributed by atoms with Gasteiger partial charge in [-0.3, -0.25) is 4.72 Å². The van der Waals surface area contributed by atoms with Gasteiger partial charge in [0.1, 0.15) is 12.4 Å². The van der Waals surface area contributed by atoms with Crippen molar-refractivity contribution in [3.8, 4) is 11.5 Å². The zero-order valence-corrected chi connectivity index (χ0v) is 13.3. The van der Waals surface area contributed by atoms with Gasteiger partial charge in [0.05, 0.1) is 12.0 Å². The third kappa shape index (κ3) is 4.23. The molecular formula is C16H16FNO4S. The van der Waals surface area contributed by atoms with E-state index in [0.29, 0.717) is 18.0 Å². The van der Waals surface area contributed by atoms with Crippen LogP contribution in [0.25, 0.3) is 0 Å². The summed E-state index contributed by atoms with van der Waals surface area (Å²) in [4.78, 5) is -0.192. The first-order valence-corrected chi connectivity index (χ1v) is 8.14. The highest BCUT2D eigenvalue weighted by Crippen LogP contribution is 2.23. The molecule has 0 radical (unpaired) electrons. The van der Waals surface area contributed by atoms with Gasteiger partial charge in [0.25, 0.3) is 10.0 Å². The van der Waals surface area contributed by atoms with Crippen LogP contribution in [0.1, 0.15) is 0 Å². The van der Waals surface area contributed by atoms with E-state index in [-0.39, 0.29) is 10.6 Å². The Balaban J connectivity index is 2.17. The maximum absolute atomic E-state index is 13.6. The average Bonchev–Trinajstić information content (AvgIpc) is 2.54. The van der Waals surface area contributed by atoms with Gasteiger partial charge in [0.15, 0.2) is 11.6 Å². The Morgan fingerprint density at radius 3 is 2.48 bits per heavy atom. The summed E-state index contributed by atoms with van der Waals surface area (Å²) in [6, 6.07) is 9.78. The van der Waals surface area contributed by atoms with Crippen LogP contribution in [0.4, 0.5) is 10.1 Å². The lowest BCUT2D eigenvalue weighted by Gasteiger charge is -2.10. The predicted octanol–water partition coefficient (Wildman–Crippen LogP) is 3.20. The molecule has 0 atom stereocenters. The van der Waals surface area contributed by atoms with Crippen molar-refractivity contribution >= 4 is 15.7 Å². The first-order chi connectivity index (χ1) is 11.0. The van der Waals surface area contributed by atoms with E-state index >= 15 is 0 Å². The summed E-state index contributed by atoms with van der Waals surface area (Å²) >= 11 is 0. The maximum Gasteiger partial charge on any atom is 0.262 e. The topological polar surface area (TPSA) is 64.6 Å². The molecule has 0 aliphatic carbocycles. The lowest BCUT2D eigenvalue weighted by atomic mass is 10.3. The summed E-state index contributed by atoms with van der Waals surface area (Å²) in [5, 5.41) is 0. The second-order valence-corrected chi connectivity index (χ2v) is 6.21. The fourth-order valence-electron chi connectivity index (χ4n) is 1.80. The number of halogens is 1. The third-order valence-electron chi connectivity index (χ3n) is 2.91. The van der Waals surface area contributed by atoms with Crippen LogP contribution in [0, 0.1) is 5.82 Å². The van der Waals surface area contributed by atoms with Crippen LogP contribution in [0.15, 0.2) is 60.0 Å². The Kier molecular flexibility index (Phi) is 5.23. The Morgan fingerprint density at radius 1 is 1.22 bits per heavy atom. The molecule has 0 unspecified atom stereocenters. The van der Waals surface area contributed by atoms with Gasteiger partial charge in [0, 0.05) is 5.69 Å². The molecule has 0 aliphatic rings. The highest BCUT2D eigenvalue weighted by molar-refractivity contribution is 7.92. The fraction of sp³-hybridized carbons (Fsp3) is 0.125. The minimum atomic E-state index is -3.89. The van der Waals surface area contributed by atoms with Crippen LogP contribution in [-0.2, 0) is 10.0 Å². The summed E-state index contributed by atoms with van der Waals surface area (Å²) in [6.45, 7) is 3.90. The lowest BCUT2D eigenvalue weighted by Crippen LogP contribution is -2.13. The largest absolute Gasteiger partial charge is 0.494 e. The molecule has 2 aromatic rings. The molecule has 2 aromatic carbocycles. The summed E-state index contributed by atoms with van der Waals surface area (Å²) < 4.78 is 50.6. The number of ether oxygens (including phenoxy) is 2. The number of hydrogen-bond donors (Lipinski definition) is 1. The van der Waals surface area contributed by atoms with Gasteiger partial charge in [-0.25, -0.2) is 12.8 Å². The summed E-state index contributed by atoms with van der Waals surface area (Å²) in [5.74, 6) is -0.181. The van der Waals surface area contributed by atoms with Crippen LogP contribution < -0.4 is 14.2 Å². The van der Waals surface area contributed by atoms with Gasteiger partial charge < -0.3 is 9.47 Å². The number of methoxy groups -OCH3 is 1. The molecule has 2 rings (SSSR count). The summed E-state index contributed by atoms with van der Waals surface area (Å²) in [6.07, 6.45) is 1.61. The van der Waals surface area contributed by atoms with E-state index in [9.17, 15) is 12.8 Å². The average molecular weight is 337 g/mol. The lowest BCUT2D eigenvalue weighted by molar-refractivity contribution is 0.363.